The number of aromatic nitrogens is 1. The van der Waals surface area contributed by atoms with E-state index in [1.807, 2.05) is 33.2 Å². The van der Waals surface area contributed by atoms with E-state index >= 15 is 0 Å². The SMILES string of the molecule is Cc1ccc(Cl)c2sc(N(CCCN(C)C)C(=O)Cc3ccc([N+](=O)[O-])cc3)nc12. The number of hydrogen-bond donors (Lipinski definition) is 0. The van der Waals surface area contributed by atoms with Crippen LogP contribution in [0.1, 0.15) is 17.5 Å². The maximum absolute atomic E-state index is 13.2. The van der Waals surface area contributed by atoms with Crippen molar-refractivity contribution >= 4 is 49.9 Å². The molecule has 30 heavy (non-hydrogen) atoms. The van der Waals surface area contributed by atoms with Gasteiger partial charge in [-0.15, -0.1) is 0 Å². The number of nitro groups is 1. The Bertz CT molecular complexity index is 1030. The van der Waals surface area contributed by atoms with Crippen LogP contribution in [0.4, 0.5) is 10.8 Å². The van der Waals surface area contributed by atoms with Gasteiger partial charge in [-0.25, -0.2) is 4.98 Å². The largest absolute Gasteiger partial charge is 0.309 e. The molecule has 0 N–H and O–H groups in total. The summed E-state index contributed by atoms with van der Waals surface area (Å²) in [7, 11) is 3.98. The minimum atomic E-state index is -0.452. The van der Waals surface area contributed by atoms with Crippen molar-refractivity contribution in [3.8, 4) is 0 Å². The molecule has 0 aliphatic heterocycles. The molecule has 1 aromatic heterocycles. The first-order valence-corrected chi connectivity index (χ1v) is 10.7. The molecule has 2 aromatic carbocycles. The molecule has 0 atom stereocenters. The highest BCUT2D eigenvalue weighted by molar-refractivity contribution is 7.23. The Hall–Kier alpha value is -2.55. The summed E-state index contributed by atoms with van der Waals surface area (Å²) in [6, 6.07) is 9.83. The van der Waals surface area contributed by atoms with Gasteiger partial charge in [0.25, 0.3) is 5.69 Å². The molecule has 0 unspecified atom stereocenters. The van der Waals surface area contributed by atoms with Crippen LogP contribution in [0.25, 0.3) is 10.2 Å². The van der Waals surface area contributed by atoms with E-state index in [-0.39, 0.29) is 18.0 Å². The Morgan fingerprint density at radius 3 is 2.47 bits per heavy atom. The molecule has 1 amide bonds. The zero-order valence-corrected chi connectivity index (χ0v) is 18.7. The summed E-state index contributed by atoms with van der Waals surface area (Å²) in [5, 5.41) is 12.1. The van der Waals surface area contributed by atoms with Crippen molar-refractivity contribution < 1.29 is 9.72 Å². The molecule has 0 fully saturated rings. The van der Waals surface area contributed by atoms with E-state index in [1.165, 1.54) is 23.5 Å². The first kappa shape index (κ1) is 22.1. The Morgan fingerprint density at radius 1 is 1.17 bits per heavy atom. The zero-order valence-electron chi connectivity index (χ0n) is 17.1. The number of thiazole rings is 1. The van der Waals surface area contributed by atoms with Crippen molar-refractivity contribution in [1.82, 2.24) is 9.88 Å². The van der Waals surface area contributed by atoms with Gasteiger partial charge in [0.2, 0.25) is 5.91 Å². The van der Waals surface area contributed by atoms with E-state index in [2.05, 4.69) is 4.90 Å². The third-order valence-electron chi connectivity index (χ3n) is 4.71. The van der Waals surface area contributed by atoms with Crippen molar-refractivity contribution in [3.63, 3.8) is 0 Å². The number of non-ortho nitro benzene ring substituents is 1. The molecule has 9 heteroatoms. The summed E-state index contributed by atoms with van der Waals surface area (Å²) < 4.78 is 0.868. The fraction of sp³-hybridized carbons (Fsp3) is 0.333. The topological polar surface area (TPSA) is 79.6 Å². The van der Waals surface area contributed by atoms with E-state index < -0.39 is 4.92 Å². The van der Waals surface area contributed by atoms with E-state index in [0.717, 1.165) is 34.3 Å². The number of fused-ring (bicyclic) bond motifs is 1. The summed E-state index contributed by atoms with van der Waals surface area (Å²) >= 11 is 7.76. The van der Waals surface area contributed by atoms with Crippen LogP contribution >= 0.6 is 22.9 Å². The first-order valence-electron chi connectivity index (χ1n) is 9.50. The molecule has 0 bridgehead atoms. The van der Waals surface area contributed by atoms with Crippen LogP contribution in [-0.2, 0) is 11.2 Å². The summed E-state index contributed by atoms with van der Waals surface area (Å²) in [5.74, 6) is -0.101. The standard InChI is InChI=1S/C21H23ClN4O3S/c1-14-5-10-17(22)20-19(14)23-21(30-20)25(12-4-11-24(2)3)18(27)13-15-6-8-16(9-7-15)26(28)29/h5-10H,4,11-13H2,1-3H3. The van der Waals surface area contributed by atoms with Crippen molar-refractivity contribution in [1.29, 1.82) is 0 Å². The quantitative estimate of drug-likeness (QED) is 0.370. The van der Waals surface area contributed by atoms with Gasteiger partial charge in [0, 0.05) is 18.7 Å². The van der Waals surface area contributed by atoms with E-state index in [1.54, 1.807) is 17.0 Å². The number of hydrogen-bond acceptors (Lipinski definition) is 6. The molecule has 0 saturated heterocycles. The number of amides is 1. The second-order valence-corrected chi connectivity index (χ2v) is 8.73. The summed E-state index contributed by atoms with van der Waals surface area (Å²) in [6.45, 7) is 3.34. The first-order chi connectivity index (χ1) is 14.3. The third kappa shape index (κ3) is 5.13. The molecule has 0 aliphatic carbocycles. The van der Waals surface area contributed by atoms with Crippen LogP contribution in [0.15, 0.2) is 36.4 Å². The number of benzene rings is 2. The van der Waals surface area contributed by atoms with Crippen LogP contribution in [-0.4, -0.2) is 47.9 Å². The van der Waals surface area contributed by atoms with Gasteiger partial charge in [-0.3, -0.25) is 19.8 Å². The normalized spacial score (nSPS) is 11.2. The highest BCUT2D eigenvalue weighted by atomic mass is 35.5. The Kier molecular flexibility index (Phi) is 7.02. The van der Waals surface area contributed by atoms with Crippen molar-refractivity contribution in [3.05, 3.63) is 62.7 Å². The van der Waals surface area contributed by atoms with Crippen molar-refractivity contribution in [2.24, 2.45) is 0 Å². The van der Waals surface area contributed by atoms with Gasteiger partial charge in [-0.05, 0) is 51.2 Å². The lowest BCUT2D eigenvalue weighted by molar-refractivity contribution is -0.384. The van der Waals surface area contributed by atoms with Crippen LogP contribution in [0, 0.1) is 17.0 Å². The van der Waals surface area contributed by atoms with Crippen LogP contribution in [0.5, 0.6) is 0 Å². The molecule has 3 rings (SSSR count). The molecule has 0 aliphatic rings. The Labute approximate surface area is 184 Å². The molecule has 0 radical (unpaired) electrons. The maximum atomic E-state index is 13.2. The predicted octanol–water partition coefficient (Wildman–Crippen LogP) is 4.69. The van der Waals surface area contributed by atoms with Gasteiger partial charge in [0.05, 0.1) is 26.6 Å². The smallest absolute Gasteiger partial charge is 0.269 e. The van der Waals surface area contributed by atoms with Gasteiger partial charge in [0.1, 0.15) is 0 Å². The van der Waals surface area contributed by atoms with Gasteiger partial charge in [-0.2, -0.15) is 0 Å². The number of nitro benzene ring substituents is 1. The summed E-state index contributed by atoms with van der Waals surface area (Å²) in [4.78, 5) is 32.0. The Balaban J connectivity index is 1.88. The number of carbonyl (C=O) groups is 1. The number of rotatable bonds is 8. The highest BCUT2D eigenvalue weighted by Gasteiger charge is 2.21. The Morgan fingerprint density at radius 2 is 1.87 bits per heavy atom. The van der Waals surface area contributed by atoms with Crippen LogP contribution in [0.3, 0.4) is 0 Å². The average molecular weight is 447 g/mol. The zero-order chi connectivity index (χ0) is 21.8. The van der Waals surface area contributed by atoms with E-state index in [0.29, 0.717) is 16.7 Å². The fourth-order valence-corrected chi connectivity index (χ4v) is 4.44. The number of nitrogens with zero attached hydrogens (tertiary/aromatic N) is 4. The minimum Gasteiger partial charge on any atom is -0.309 e. The van der Waals surface area contributed by atoms with Crippen molar-refractivity contribution in [2.45, 2.75) is 19.8 Å². The maximum Gasteiger partial charge on any atom is 0.269 e. The highest BCUT2D eigenvalue weighted by Crippen LogP contribution is 2.36. The van der Waals surface area contributed by atoms with Gasteiger partial charge < -0.3 is 4.90 Å². The lowest BCUT2D eigenvalue weighted by atomic mass is 10.1. The third-order valence-corrected chi connectivity index (χ3v) is 6.25. The number of anilines is 1. The molecular weight excluding hydrogens is 424 g/mol. The molecule has 158 valence electrons. The van der Waals surface area contributed by atoms with Crippen LogP contribution < -0.4 is 4.90 Å². The minimum absolute atomic E-state index is 0.00493. The molecule has 3 aromatic rings. The lowest BCUT2D eigenvalue weighted by Gasteiger charge is -2.21. The molecule has 0 saturated carbocycles. The van der Waals surface area contributed by atoms with E-state index in [9.17, 15) is 14.9 Å². The second-order valence-electron chi connectivity index (χ2n) is 7.34. The average Bonchev–Trinajstić information content (AvgIpc) is 3.14. The number of carbonyl (C=O) groups excluding carboxylic acids is 1. The number of halogens is 1. The van der Waals surface area contributed by atoms with Crippen LogP contribution in [0.2, 0.25) is 5.02 Å². The second kappa shape index (κ2) is 9.51. The fourth-order valence-electron chi connectivity index (χ4n) is 3.08. The summed E-state index contributed by atoms with van der Waals surface area (Å²) in [6.07, 6.45) is 0.935. The van der Waals surface area contributed by atoms with Gasteiger partial charge in [0.15, 0.2) is 5.13 Å². The molecular formula is C21H23ClN4O3S. The predicted molar refractivity (Wildman–Crippen MR) is 122 cm³/mol. The lowest BCUT2D eigenvalue weighted by Crippen LogP contribution is -2.34. The number of aryl methyl sites for hydroxylation is 1. The monoisotopic (exact) mass is 446 g/mol. The van der Waals surface area contributed by atoms with Crippen molar-refractivity contribution in [2.75, 3.05) is 32.1 Å². The molecule has 7 nitrogen and oxygen atoms in total. The van der Waals surface area contributed by atoms with E-state index in [4.69, 9.17) is 16.6 Å². The molecule has 0 spiro atoms. The molecule has 1 heterocycles. The van der Waals surface area contributed by atoms with Gasteiger partial charge in [-0.1, -0.05) is 41.1 Å². The van der Waals surface area contributed by atoms with Gasteiger partial charge >= 0.3 is 0 Å². The summed E-state index contributed by atoms with van der Waals surface area (Å²) in [5.41, 5.74) is 2.54.